The Hall–Kier alpha value is -1.07. The van der Waals surface area contributed by atoms with Crippen LogP contribution in [0.15, 0.2) is 24.3 Å². The van der Waals surface area contributed by atoms with Crippen LogP contribution in [0.25, 0.3) is 0 Å². The zero-order chi connectivity index (χ0) is 14.4. The summed E-state index contributed by atoms with van der Waals surface area (Å²) in [5.74, 6) is 0.726. The minimum Gasteiger partial charge on any atom is -0.388 e. The summed E-state index contributed by atoms with van der Waals surface area (Å²) in [5, 5.41) is 12.9. The predicted octanol–water partition coefficient (Wildman–Crippen LogP) is 2.48. The van der Waals surface area contributed by atoms with Gasteiger partial charge in [-0.3, -0.25) is 4.79 Å². The van der Waals surface area contributed by atoms with Gasteiger partial charge in [-0.15, -0.1) is 11.8 Å². The summed E-state index contributed by atoms with van der Waals surface area (Å²) < 4.78 is 12.7. The topological polar surface area (TPSA) is 49.3 Å². The van der Waals surface area contributed by atoms with Crippen molar-refractivity contribution in [3.63, 3.8) is 0 Å². The maximum atomic E-state index is 12.7. The summed E-state index contributed by atoms with van der Waals surface area (Å²) in [5.41, 5.74) is 0.302. The molecule has 1 aliphatic carbocycles. The van der Waals surface area contributed by atoms with Crippen molar-refractivity contribution >= 4 is 17.7 Å². The van der Waals surface area contributed by atoms with Gasteiger partial charge in [0.15, 0.2) is 0 Å². The maximum absolute atomic E-state index is 12.7. The number of amides is 1. The molecule has 0 heterocycles. The van der Waals surface area contributed by atoms with Crippen LogP contribution in [0.4, 0.5) is 4.39 Å². The number of aliphatic hydroxyl groups is 1. The summed E-state index contributed by atoms with van der Waals surface area (Å²) in [6, 6.07) is 6.29. The summed E-state index contributed by atoms with van der Waals surface area (Å²) in [6.07, 6.45) is 3.61. The lowest BCUT2D eigenvalue weighted by Crippen LogP contribution is -2.41. The number of halogens is 1. The van der Waals surface area contributed by atoms with Crippen molar-refractivity contribution in [3.05, 3.63) is 35.6 Å². The predicted molar refractivity (Wildman–Crippen MR) is 79.0 cm³/mol. The zero-order valence-corrected chi connectivity index (χ0v) is 12.2. The van der Waals surface area contributed by atoms with Crippen LogP contribution in [-0.4, -0.2) is 28.9 Å². The molecule has 0 atom stereocenters. The molecule has 0 bridgehead atoms. The minimum absolute atomic E-state index is 0.0579. The van der Waals surface area contributed by atoms with Gasteiger partial charge in [0.05, 0.1) is 11.4 Å². The van der Waals surface area contributed by atoms with Crippen LogP contribution in [0, 0.1) is 5.82 Å². The molecule has 2 N–H and O–H groups in total. The summed E-state index contributed by atoms with van der Waals surface area (Å²) in [7, 11) is 0. The lowest BCUT2D eigenvalue weighted by molar-refractivity contribution is -0.119. The first-order valence-electron chi connectivity index (χ1n) is 6.89. The van der Waals surface area contributed by atoms with E-state index in [1.165, 1.54) is 23.9 Å². The van der Waals surface area contributed by atoms with E-state index in [2.05, 4.69) is 5.32 Å². The first-order valence-corrected chi connectivity index (χ1v) is 8.04. The van der Waals surface area contributed by atoms with E-state index in [0.29, 0.717) is 18.1 Å². The van der Waals surface area contributed by atoms with Gasteiger partial charge in [-0.1, -0.05) is 25.0 Å². The van der Waals surface area contributed by atoms with Crippen molar-refractivity contribution in [2.45, 2.75) is 37.0 Å². The molecule has 0 aromatic heterocycles. The molecule has 1 amide bonds. The van der Waals surface area contributed by atoms with E-state index in [9.17, 15) is 14.3 Å². The Morgan fingerprint density at radius 3 is 2.60 bits per heavy atom. The van der Waals surface area contributed by atoms with Gasteiger partial charge < -0.3 is 10.4 Å². The fourth-order valence-electron chi connectivity index (χ4n) is 2.37. The van der Waals surface area contributed by atoms with Crippen molar-refractivity contribution < 1.29 is 14.3 Å². The van der Waals surface area contributed by atoms with Crippen molar-refractivity contribution in [1.29, 1.82) is 0 Å². The van der Waals surface area contributed by atoms with Crippen molar-refractivity contribution in [2.24, 2.45) is 0 Å². The van der Waals surface area contributed by atoms with Gasteiger partial charge in [-0.2, -0.15) is 0 Å². The van der Waals surface area contributed by atoms with Gasteiger partial charge >= 0.3 is 0 Å². The highest BCUT2D eigenvalue weighted by Gasteiger charge is 2.31. The third kappa shape index (κ3) is 4.80. The average molecular weight is 297 g/mol. The van der Waals surface area contributed by atoms with E-state index in [0.717, 1.165) is 31.2 Å². The molecular formula is C15H20FNO2S. The molecule has 5 heteroatoms. The third-order valence-corrected chi connectivity index (χ3v) is 4.57. The lowest BCUT2D eigenvalue weighted by Gasteiger charge is -2.22. The fourth-order valence-corrected chi connectivity index (χ4v) is 3.18. The quantitative estimate of drug-likeness (QED) is 0.848. The Kier molecular flexibility index (Phi) is 5.43. The largest absolute Gasteiger partial charge is 0.388 e. The zero-order valence-electron chi connectivity index (χ0n) is 11.4. The number of rotatable bonds is 6. The molecular weight excluding hydrogens is 277 g/mol. The molecule has 0 saturated heterocycles. The molecule has 0 aliphatic heterocycles. The number of carbonyl (C=O) groups is 1. The molecule has 0 unspecified atom stereocenters. The highest BCUT2D eigenvalue weighted by Crippen LogP contribution is 2.28. The van der Waals surface area contributed by atoms with Gasteiger partial charge in [0.1, 0.15) is 5.82 Å². The van der Waals surface area contributed by atoms with Crippen LogP contribution >= 0.6 is 11.8 Å². The smallest absolute Gasteiger partial charge is 0.230 e. The Labute approximate surface area is 123 Å². The van der Waals surface area contributed by atoms with Crippen LogP contribution in [0.5, 0.6) is 0 Å². The molecule has 1 aromatic carbocycles. The number of hydrogen-bond donors (Lipinski definition) is 2. The second-order valence-corrected chi connectivity index (χ2v) is 6.31. The molecule has 3 nitrogen and oxygen atoms in total. The Morgan fingerprint density at radius 2 is 1.95 bits per heavy atom. The van der Waals surface area contributed by atoms with Gasteiger partial charge in [0.2, 0.25) is 5.91 Å². The molecule has 0 radical (unpaired) electrons. The lowest BCUT2D eigenvalue weighted by atomic mass is 10.0. The second-order valence-electron chi connectivity index (χ2n) is 5.33. The molecule has 0 spiro atoms. The number of hydrogen-bond acceptors (Lipinski definition) is 3. The van der Waals surface area contributed by atoms with E-state index < -0.39 is 5.60 Å². The van der Waals surface area contributed by atoms with Crippen molar-refractivity contribution in [1.82, 2.24) is 5.32 Å². The molecule has 110 valence electrons. The van der Waals surface area contributed by atoms with Crippen LogP contribution in [0.3, 0.4) is 0 Å². The van der Waals surface area contributed by atoms with Crippen molar-refractivity contribution in [2.75, 3.05) is 12.3 Å². The summed E-state index contributed by atoms with van der Waals surface area (Å²) in [4.78, 5) is 11.7. The number of benzene rings is 1. The molecule has 20 heavy (non-hydrogen) atoms. The average Bonchev–Trinajstić information content (AvgIpc) is 2.86. The molecule has 1 saturated carbocycles. The number of thioether (sulfide) groups is 1. The number of nitrogens with one attached hydrogen (secondary N) is 1. The van der Waals surface area contributed by atoms with Crippen LogP contribution in [0.1, 0.15) is 31.2 Å². The minimum atomic E-state index is -0.697. The van der Waals surface area contributed by atoms with E-state index >= 15 is 0 Å². The van der Waals surface area contributed by atoms with E-state index in [1.54, 1.807) is 12.1 Å². The maximum Gasteiger partial charge on any atom is 0.230 e. The van der Waals surface area contributed by atoms with Gasteiger partial charge in [-0.25, -0.2) is 4.39 Å². The standard InChI is InChI=1S/C15H20FNO2S/c16-13-5-3-12(4-6-13)9-20-10-14(18)17-11-15(19)7-1-2-8-15/h3-6,19H,1-2,7-11H2,(H,17,18). The summed E-state index contributed by atoms with van der Waals surface area (Å²) in [6.45, 7) is 0.350. The SMILES string of the molecule is O=C(CSCc1ccc(F)cc1)NCC1(O)CCCC1. The Bertz CT molecular complexity index is 444. The normalized spacial score (nSPS) is 17.1. The highest BCUT2D eigenvalue weighted by molar-refractivity contribution is 7.99. The summed E-state index contributed by atoms with van der Waals surface area (Å²) >= 11 is 1.49. The van der Waals surface area contributed by atoms with E-state index in [-0.39, 0.29) is 11.7 Å². The Balaban J connectivity index is 1.64. The van der Waals surface area contributed by atoms with E-state index in [1.807, 2.05) is 0 Å². The third-order valence-electron chi connectivity index (χ3n) is 3.56. The van der Waals surface area contributed by atoms with Crippen LogP contribution in [-0.2, 0) is 10.5 Å². The molecule has 1 aromatic rings. The second kappa shape index (κ2) is 7.09. The molecule has 1 aliphatic rings. The monoisotopic (exact) mass is 297 g/mol. The molecule has 2 rings (SSSR count). The first kappa shape index (κ1) is 15.3. The Morgan fingerprint density at radius 1 is 1.30 bits per heavy atom. The van der Waals surface area contributed by atoms with E-state index in [4.69, 9.17) is 0 Å². The van der Waals surface area contributed by atoms with Gasteiger partial charge in [0.25, 0.3) is 0 Å². The fraction of sp³-hybridized carbons (Fsp3) is 0.533. The van der Waals surface area contributed by atoms with Crippen LogP contribution in [0.2, 0.25) is 0 Å². The first-order chi connectivity index (χ1) is 9.57. The van der Waals surface area contributed by atoms with Crippen LogP contribution < -0.4 is 5.32 Å². The van der Waals surface area contributed by atoms with Gasteiger partial charge in [0, 0.05) is 12.3 Å². The molecule has 1 fully saturated rings. The highest BCUT2D eigenvalue weighted by atomic mass is 32.2. The van der Waals surface area contributed by atoms with Gasteiger partial charge in [-0.05, 0) is 30.5 Å². The number of carbonyl (C=O) groups excluding carboxylic acids is 1. The van der Waals surface area contributed by atoms with Crippen molar-refractivity contribution in [3.8, 4) is 0 Å².